The van der Waals surface area contributed by atoms with E-state index >= 15 is 0 Å². The number of nitrogens with one attached hydrogen (secondary N) is 2. The number of hydrogen-bond donors (Lipinski definition) is 2. The Labute approximate surface area is 123 Å². The first-order valence-electron chi connectivity index (χ1n) is 5.06. The van der Waals surface area contributed by atoms with Gasteiger partial charge in [0.2, 0.25) is 5.91 Å². The van der Waals surface area contributed by atoms with E-state index in [2.05, 4.69) is 26.6 Å². The molecule has 7 heteroatoms. The fourth-order valence-electron chi connectivity index (χ4n) is 1.17. The molecular weight excluding hydrogens is 343 g/mol. The molecule has 0 saturated heterocycles. The fraction of sp³-hybridized carbons (Fsp3) is 0.273. The lowest BCUT2D eigenvalue weighted by Gasteiger charge is -2.09. The van der Waals surface area contributed by atoms with Crippen LogP contribution in [0.1, 0.15) is 12.0 Å². The molecule has 18 heavy (non-hydrogen) atoms. The zero-order valence-corrected chi connectivity index (χ0v) is 12.6. The van der Waals surface area contributed by atoms with Gasteiger partial charge in [-0.3, -0.25) is 10.1 Å². The molecule has 0 aromatic heterocycles. The van der Waals surface area contributed by atoms with Gasteiger partial charge in [-0.25, -0.2) is 4.79 Å². The molecule has 0 fully saturated rings. The molecule has 1 aromatic rings. The van der Waals surface area contributed by atoms with Crippen molar-refractivity contribution < 1.29 is 9.59 Å². The third-order valence-electron chi connectivity index (χ3n) is 2.07. The molecule has 1 rings (SSSR count). The number of alkyl halides is 1. The number of carbonyl (C=O) groups excluding carboxylic acids is 2. The van der Waals surface area contributed by atoms with E-state index in [9.17, 15) is 9.59 Å². The van der Waals surface area contributed by atoms with Gasteiger partial charge < -0.3 is 5.32 Å². The van der Waals surface area contributed by atoms with Crippen molar-refractivity contribution >= 4 is 56.8 Å². The van der Waals surface area contributed by atoms with Crippen molar-refractivity contribution in [1.29, 1.82) is 0 Å². The van der Waals surface area contributed by atoms with Crippen LogP contribution in [0.25, 0.3) is 0 Å². The fourth-order valence-corrected chi connectivity index (χ4v) is 2.06. The number of halogens is 3. The highest BCUT2D eigenvalue weighted by atomic mass is 79.9. The maximum absolute atomic E-state index is 11.5. The Hall–Kier alpha value is -0.780. The average Bonchev–Trinajstić information content (AvgIpc) is 2.26. The SMILES string of the molecule is Cc1cc(Br)c(NC(=O)NC(=O)CCCl)cc1Cl. The Balaban J connectivity index is 2.70. The number of rotatable bonds is 3. The summed E-state index contributed by atoms with van der Waals surface area (Å²) in [6.07, 6.45) is 0.0881. The van der Waals surface area contributed by atoms with E-state index < -0.39 is 11.9 Å². The number of urea groups is 1. The number of imide groups is 1. The van der Waals surface area contributed by atoms with Gasteiger partial charge in [0.25, 0.3) is 0 Å². The van der Waals surface area contributed by atoms with Gasteiger partial charge in [-0.05, 0) is 40.5 Å². The van der Waals surface area contributed by atoms with E-state index in [4.69, 9.17) is 23.2 Å². The average molecular weight is 354 g/mol. The molecule has 0 aliphatic carbocycles. The van der Waals surface area contributed by atoms with Gasteiger partial charge in [0, 0.05) is 21.8 Å². The molecule has 0 unspecified atom stereocenters. The van der Waals surface area contributed by atoms with E-state index in [1.54, 1.807) is 12.1 Å². The van der Waals surface area contributed by atoms with Gasteiger partial charge >= 0.3 is 6.03 Å². The van der Waals surface area contributed by atoms with Crippen molar-refractivity contribution in [2.24, 2.45) is 0 Å². The molecule has 3 amide bonds. The lowest BCUT2D eigenvalue weighted by atomic mass is 10.2. The van der Waals surface area contributed by atoms with Crippen molar-refractivity contribution in [2.75, 3.05) is 11.2 Å². The topological polar surface area (TPSA) is 58.2 Å². The molecule has 0 radical (unpaired) electrons. The second kappa shape index (κ2) is 6.97. The molecule has 2 N–H and O–H groups in total. The maximum Gasteiger partial charge on any atom is 0.325 e. The van der Waals surface area contributed by atoms with Gasteiger partial charge in [0.15, 0.2) is 0 Å². The van der Waals surface area contributed by atoms with Gasteiger partial charge in [0.1, 0.15) is 0 Å². The molecular formula is C11H11BrCl2N2O2. The van der Waals surface area contributed by atoms with Crippen molar-refractivity contribution in [2.45, 2.75) is 13.3 Å². The number of hydrogen-bond acceptors (Lipinski definition) is 2. The highest BCUT2D eigenvalue weighted by Crippen LogP contribution is 2.28. The third-order valence-corrected chi connectivity index (χ3v) is 3.32. The van der Waals surface area contributed by atoms with Crippen molar-refractivity contribution in [3.63, 3.8) is 0 Å². The van der Waals surface area contributed by atoms with Gasteiger partial charge in [-0.15, -0.1) is 11.6 Å². The van der Waals surface area contributed by atoms with Crippen LogP contribution in [-0.2, 0) is 4.79 Å². The highest BCUT2D eigenvalue weighted by Gasteiger charge is 2.10. The van der Waals surface area contributed by atoms with Crippen molar-refractivity contribution in [1.82, 2.24) is 5.32 Å². The van der Waals surface area contributed by atoms with E-state index in [0.717, 1.165) is 5.56 Å². The third kappa shape index (κ3) is 4.48. The number of aryl methyl sites for hydroxylation is 1. The predicted octanol–water partition coefficient (Wildman–Crippen LogP) is 3.69. The molecule has 0 atom stereocenters. The summed E-state index contributed by atoms with van der Waals surface area (Å²) >= 11 is 14.6. The molecule has 0 aliphatic heterocycles. The Bertz CT molecular complexity index is 480. The number of anilines is 1. The smallest absolute Gasteiger partial charge is 0.306 e. The van der Waals surface area contributed by atoms with Crippen LogP contribution >= 0.6 is 39.1 Å². The first-order valence-corrected chi connectivity index (χ1v) is 6.77. The lowest BCUT2D eigenvalue weighted by molar-refractivity contribution is -0.119. The molecule has 0 spiro atoms. The van der Waals surface area contributed by atoms with Gasteiger partial charge in [-0.2, -0.15) is 0 Å². The standard InChI is InChI=1S/C11H11BrCl2N2O2/c1-6-4-7(12)9(5-8(6)14)15-11(18)16-10(17)2-3-13/h4-5H,2-3H2,1H3,(H2,15,16,17,18). The monoisotopic (exact) mass is 352 g/mol. The normalized spacial score (nSPS) is 10.0. The summed E-state index contributed by atoms with van der Waals surface area (Å²) in [7, 11) is 0. The summed E-state index contributed by atoms with van der Waals surface area (Å²) in [6.45, 7) is 1.85. The predicted molar refractivity (Wildman–Crippen MR) is 76.4 cm³/mol. The molecule has 0 bridgehead atoms. The molecule has 1 aromatic carbocycles. The first-order chi connectivity index (χ1) is 8.43. The van der Waals surface area contributed by atoms with Gasteiger partial charge in [0.05, 0.1) is 5.69 Å². The van der Waals surface area contributed by atoms with Crippen LogP contribution in [0.2, 0.25) is 5.02 Å². The van der Waals surface area contributed by atoms with Crippen LogP contribution in [0.4, 0.5) is 10.5 Å². The highest BCUT2D eigenvalue weighted by molar-refractivity contribution is 9.10. The van der Waals surface area contributed by atoms with E-state index in [1.807, 2.05) is 6.92 Å². The Morgan fingerprint density at radius 2 is 2.06 bits per heavy atom. The Morgan fingerprint density at radius 3 is 2.67 bits per heavy atom. The lowest BCUT2D eigenvalue weighted by Crippen LogP contribution is -2.34. The minimum atomic E-state index is -0.620. The van der Waals surface area contributed by atoms with Crippen molar-refractivity contribution in [3.05, 3.63) is 27.2 Å². The Kier molecular flexibility index (Phi) is 5.91. The summed E-state index contributed by atoms with van der Waals surface area (Å²) in [5.41, 5.74) is 1.37. The van der Waals surface area contributed by atoms with Crippen LogP contribution in [0, 0.1) is 6.92 Å². The zero-order valence-electron chi connectivity index (χ0n) is 9.52. The van der Waals surface area contributed by atoms with E-state index in [-0.39, 0.29) is 12.3 Å². The van der Waals surface area contributed by atoms with Crippen LogP contribution in [-0.4, -0.2) is 17.8 Å². The summed E-state index contributed by atoms with van der Waals surface area (Å²) < 4.78 is 0.685. The first kappa shape index (κ1) is 15.3. The maximum atomic E-state index is 11.5. The van der Waals surface area contributed by atoms with Crippen LogP contribution < -0.4 is 10.6 Å². The van der Waals surface area contributed by atoms with Crippen LogP contribution in [0.3, 0.4) is 0 Å². The van der Waals surface area contributed by atoms with Gasteiger partial charge in [-0.1, -0.05) is 11.6 Å². The summed E-state index contributed by atoms with van der Waals surface area (Å²) in [4.78, 5) is 22.7. The molecule has 98 valence electrons. The molecule has 0 saturated carbocycles. The molecule has 4 nitrogen and oxygen atoms in total. The second-order valence-corrected chi connectivity index (χ2v) is 5.16. The summed E-state index contributed by atoms with van der Waals surface area (Å²) in [6, 6.07) is 2.76. The minimum Gasteiger partial charge on any atom is -0.306 e. The molecule has 0 aliphatic rings. The molecule has 0 heterocycles. The minimum absolute atomic E-state index is 0.0881. The summed E-state index contributed by atoms with van der Waals surface area (Å²) in [5.74, 6) is -0.268. The quantitative estimate of drug-likeness (QED) is 0.814. The van der Waals surface area contributed by atoms with Crippen LogP contribution in [0.15, 0.2) is 16.6 Å². The number of carbonyl (C=O) groups is 2. The van der Waals surface area contributed by atoms with E-state index in [0.29, 0.717) is 15.2 Å². The largest absolute Gasteiger partial charge is 0.325 e. The number of amides is 3. The van der Waals surface area contributed by atoms with Crippen LogP contribution in [0.5, 0.6) is 0 Å². The van der Waals surface area contributed by atoms with E-state index in [1.165, 1.54) is 0 Å². The summed E-state index contributed by atoms with van der Waals surface area (Å²) in [5, 5.41) is 5.20. The Morgan fingerprint density at radius 1 is 1.39 bits per heavy atom. The van der Waals surface area contributed by atoms with Crippen molar-refractivity contribution in [3.8, 4) is 0 Å². The zero-order chi connectivity index (χ0) is 13.7. The number of benzene rings is 1. The second-order valence-electron chi connectivity index (χ2n) is 3.52.